The molecule has 0 unspecified atom stereocenters. The van der Waals surface area contributed by atoms with Gasteiger partial charge in [0.25, 0.3) is 0 Å². The summed E-state index contributed by atoms with van der Waals surface area (Å²) in [7, 11) is 3.32. The van der Waals surface area contributed by atoms with Crippen molar-refractivity contribution >= 4 is 64.6 Å². The van der Waals surface area contributed by atoms with Gasteiger partial charge in [0, 0.05) is 43.8 Å². The zero-order valence-corrected chi connectivity index (χ0v) is 30.5. The minimum absolute atomic E-state index is 0.0311. The molecule has 0 bridgehead atoms. The zero-order valence-electron chi connectivity index (χ0n) is 28.2. The molecule has 3 amide bonds. The molecule has 0 saturated heterocycles. The number of nitrogens with one attached hydrogen (secondary N) is 4. The molecule has 0 atom stereocenters. The van der Waals surface area contributed by atoms with Gasteiger partial charge in [-0.05, 0) is 66.0 Å². The van der Waals surface area contributed by atoms with Gasteiger partial charge in [0.15, 0.2) is 11.0 Å². The lowest BCUT2D eigenvalue weighted by molar-refractivity contribution is 0.229. The number of benzene rings is 1. The lowest BCUT2D eigenvalue weighted by Gasteiger charge is -2.19. The fourth-order valence-electron chi connectivity index (χ4n) is 3.11. The van der Waals surface area contributed by atoms with Crippen molar-refractivity contribution in [2.75, 3.05) is 48.7 Å². The van der Waals surface area contributed by atoms with E-state index in [0.29, 0.717) is 39.5 Å². The average molecular weight is 702 g/mol. The van der Waals surface area contributed by atoms with Crippen LogP contribution in [0.15, 0.2) is 28.2 Å². The van der Waals surface area contributed by atoms with E-state index in [1.54, 1.807) is 32.3 Å². The molecule has 2 heterocycles. The van der Waals surface area contributed by atoms with Crippen LogP contribution in [0.2, 0.25) is 10.0 Å². The number of nitrogen functional groups attached to an aromatic ring is 1. The molecule has 3 rings (SSSR count). The first-order chi connectivity index (χ1) is 21.3. The highest BCUT2D eigenvalue weighted by Crippen LogP contribution is 2.25. The summed E-state index contributed by atoms with van der Waals surface area (Å²) < 4.78 is 1.65. The molecule has 18 heteroatoms. The third kappa shape index (κ3) is 13.7. The van der Waals surface area contributed by atoms with Crippen molar-refractivity contribution < 1.29 is 9.59 Å². The quantitative estimate of drug-likeness (QED) is 0.161. The number of carbonyl (C=O) groups is 2. The number of carbonyl (C=O) groups excluding carboxylic acids is 2. The Morgan fingerprint density at radius 2 is 1.65 bits per heavy atom. The molecule has 15 nitrogen and oxygen atoms in total. The number of thioether (sulfide) groups is 1. The molecule has 2 aromatic heterocycles. The molecule has 46 heavy (non-hydrogen) atoms. The van der Waals surface area contributed by atoms with Crippen LogP contribution in [-0.2, 0) is 0 Å². The summed E-state index contributed by atoms with van der Waals surface area (Å²) in [5.41, 5.74) is -0.457. The first-order valence-corrected chi connectivity index (χ1v) is 16.3. The number of hydrogen-bond acceptors (Lipinski definition) is 11. The predicted molar refractivity (Wildman–Crippen MR) is 188 cm³/mol. The van der Waals surface area contributed by atoms with Crippen molar-refractivity contribution in [1.29, 1.82) is 0 Å². The summed E-state index contributed by atoms with van der Waals surface area (Å²) in [6, 6.07) is 4.46. The Morgan fingerprint density at radius 1 is 1.04 bits per heavy atom. The molecule has 6 N–H and O–H groups in total. The maximum Gasteiger partial charge on any atom is 0.373 e. The lowest BCUT2D eigenvalue weighted by Crippen LogP contribution is -2.47. The first-order valence-electron chi connectivity index (χ1n) is 14.3. The number of urea groups is 1. The van der Waals surface area contributed by atoms with Crippen LogP contribution < -0.4 is 32.8 Å². The highest BCUT2D eigenvalue weighted by molar-refractivity contribution is 7.98. The molecular formula is C28H46Cl2N12O3S. The van der Waals surface area contributed by atoms with Gasteiger partial charge in [-0.1, -0.05) is 48.8 Å². The molecule has 0 saturated carbocycles. The molecule has 0 aliphatic carbocycles. The fourth-order valence-corrected chi connectivity index (χ4v) is 3.76. The number of nitrogens with two attached hydrogens (primary N) is 1. The van der Waals surface area contributed by atoms with Gasteiger partial charge >= 0.3 is 17.8 Å². The topological polar surface area (TPSA) is 190 Å². The highest BCUT2D eigenvalue weighted by atomic mass is 35.5. The van der Waals surface area contributed by atoms with Gasteiger partial charge in [-0.3, -0.25) is 0 Å². The van der Waals surface area contributed by atoms with Crippen LogP contribution in [0.3, 0.4) is 0 Å². The number of rotatable bonds is 7. The van der Waals surface area contributed by atoms with Gasteiger partial charge in [0.05, 0.1) is 10.0 Å². The van der Waals surface area contributed by atoms with E-state index >= 15 is 0 Å². The second kappa shape index (κ2) is 18.4. The summed E-state index contributed by atoms with van der Waals surface area (Å²) >= 11 is 13.0. The van der Waals surface area contributed by atoms with Crippen LogP contribution >= 0.6 is 35.0 Å². The van der Waals surface area contributed by atoms with Gasteiger partial charge < -0.3 is 32.0 Å². The Hall–Kier alpha value is -3.76. The SMILES string of the molecule is CC(C)c1nn(C(=O)NC(C)(C)C)c(=O)n1N.CCNc1nc(NC(C)C)nc(SC)n1.CN(C)C(=O)Nc1ccc(Cl)c(Cl)c1. The maximum atomic E-state index is 11.8. The normalized spacial score (nSPS) is 10.8. The number of halogens is 2. The van der Waals surface area contributed by atoms with Crippen LogP contribution in [0, 0.1) is 0 Å². The smallest absolute Gasteiger partial charge is 0.354 e. The lowest BCUT2D eigenvalue weighted by atomic mass is 10.1. The summed E-state index contributed by atoms with van der Waals surface area (Å²) in [6.45, 7) is 16.1. The number of anilines is 3. The Balaban J connectivity index is 0.000000347. The molecule has 0 radical (unpaired) electrons. The van der Waals surface area contributed by atoms with Gasteiger partial charge in [-0.25, -0.2) is 14.4 Å². The second-order valence-corrected chi connectivity index (χ2v) is 13.1. The van der Waals surface area contributed by atoms with E-state index in [9.17, 15) is 14.4 Å². The summed E-state index contributed by atoms with van der Waals surface area (Å²) in [6.07, 6.45) is 1.95. The highest BCUT2D eigenvalue weighted by Gasteiger charge is 2.22. The Labute approximate surface area is 284 Å². The van der Waals surface area contributed by atoms with Crippen molar-refractivity contribution in [2.45, 2.75) is 78.0 Å². The van der Waals surface area contributed by atoms with Crippen LogP contribution in [0.1, 0.15) is 67.1 Å². The van der Waals surface area contributed by atoms with E-state index in [1.165, 1.54) is 16.7 Å². The summed E-state index contributed by atoms with van der Waals surface area (Å²) in [5.74, 6) is 7.14. The standard InChI is InChI=1S/C10H19N5O2.C9H10Cl2N2O.C9H17N5S/c1-6(2)7-13-15(9(17)14(7)11)8(16)12-10(3,4)5;1-13(2)9(14)12-6-3-4-7(10)8(11)5-6;1-5-10-7-12-8(11-6(2)3)14-9(13-7)15-4/h6H,11H2,1-5H3,(H,12,16);3-5H,1-2H3,(H,12,14);6H,5H2,1-4H3,(H2,10,11,12,13,14). The van der Waals surface area contributed by atoms with E-state index in [2.05, 4.69) is 55.2 Å². The van der Waals surface area contributed by atoms with E-state index in [0.717, 1.165) is 21.1 Å². The van der Waals surface area contributed by atoms with Crippen molar-refractivity contribution in [2.24, 2.45) is 0 Å². The molecule has 0 aliphatic rings. The third-order valence-corrected chi connectivity index (χ3v) is 6.44. The maximum absolute atomic E-state index is 11.8. The van der Waals surface area contributed by atoms with Crippen molar-refractivity contribution in [1.82, 2.24) is 39.6 Å². The van der Waals surface area contributed by atoms with E-state index in [1.807, 2.05) is 47.8 Å². The molecule has 0 aliphatic heterocycles. The zero-order chi connectivity index (χ0) is 35.4. The number of hydrogen-bond donors (Lipinski definition) is 5. The Kier molecular flexibility index (Phi) is 16.1. The minimum atomic E-state index is -0.643. The second-order valence-electron chi connectivity index (χ2n) is 11.5. The molecule has 3 aromatic rings. The minimum Gasteiger partial charge on any atom is -0.354 e. The number of aromatic nitrogens is 6. The average Bonchev–Trinajstić information content (AvgIpc) is 3.24. The molecule has 0 fully saturated rings. The van der Waals surface area contributed by atoms with E-state index in [4.69, 9.17) is 29.0 Å². The van der Waals surface area contributed by atoms with Gasteiger partial charge in [0.2, 0.25) is 11.9 Å². The summed E-state index contributed by atoms with van der Waals surface area (Å²) in [4.78, 5) is 48.9. The van der Waals surface area contributed by atoms with E-state index < -0.39 is 17.3 Å². The Bertz CT molecular complexity index is 1500. The van der Waals surface area contributed by atoms with Crippen molar-refractivity contribution in [3.8, 4) is 0 Å². The third-order valence-electron chi connectivity index (χ3n) is 5.15. The molecule has 256 valence electrons. The van der Waals surface area contributed by atoms with Crippen LogP contribution in [-0.4, -0.2) is 84.8 Å². The molecular weight excluding hydrogens is 655 g/mol. The van der Waals surface area contributed by atoms with Crippen LogP contribution in [0.25, 0.3) is 0 Å². The number of amides is 3. The first kappa shape index (κ1) is 40.3. The van der Waals surface area contributed by atoms with Crippen molar-refractivity contribution in [3.63, 3.8) is 0 Å². The van der Waals surface area contributed by atoms with Gasteiger partial charge in [-0.15, -0.1) is 9.78 Å². The molecule has 1 aromatic carbocycles. The number of nitrogens with zero attached hydrogens (tertiary/aromatic N) is 7. The van der Waals surface area contributed by atoms with Gasteiger partial charge in [0.1, 0.15) is 0 Å². The monoisotopic (exact) mass is 700 g/mol. The van der Waals surface area contributed by atoms with Crippen LogP contribution in [0.5, 0.6) is 0 Å². The Morgan fingerprint density at radius 3 is 2.11 bits per heavy atom. The fraction of sp³-hybridized carbons (Fsp3) is 0.536. The predicted octanol–water partition coefficient (Wildman–Crippen LogP) is 5.17. The summed E-state index contributed by atoms with van der Waals surface area (Å²) in [5, 5.41) is 17.1. The van der Waals surface area contributed by atoms with Crippen molar-refractivity contribution in [3.05, 3.63) is 44.6 Å². The largest absolute Gasteiger partial charge is 0.373 e. The molecule has 0 spiro atoms. The van der Waals surface area contributed by atoms with Crippen LogP contribution in [0.4, 0.5) is 27.2 Å². The van der Waals surface area contributed by atoms with Gasteiger partial charge in [-0.2, -0.15) is 19.6 Å². The van der Waals surface area contributed by atoms with E-state index in [-0.39, 0.29) is 11.9 Å².